The smallest absolute Gasteiger partial charge is 0.625 e. The first-order chi connectivity index (χ1) is 16.1. The van der Waals surface area contributed by atoms with Crippen molar-refractivity contribution in [1.29, 1.82) is 0 Å². The van der Waals surface area contributed by atoms with Crippen LogP contribution in [0.15, 0.2) is 23.1 Å². The normalized spacial score (nSPS) is 14.3. The molecule has 1 fully saturated rings. The van der Waals surface area contributed by atoms with Crippen molar-refractivity contribution >= 4 is 46.6 Å². The summed E-state index contributed by atoms with van der Waals surface area (Å²) < 4.78 is 41.2. The SMILES string of the molecule is CC(=O)O[BH-](OC(C)=O)OC(C)=O.CC1(CNc2ccc(S(N)(=O)=O)cc2[N+](=O)[O-])CCOCC1.[Na+]. The average Bonchev–Trinajstić information content (AvgIpc) is 2.71. The molecule has 0 spiro atoms. The number of benzene rings is 1. The zero-order valence-electron chi connectivity index (χ0n) is 20.9. The van der Waals surface area contributed by atoms with E-state index >= 15 is 0 Å². The van der Waals surface area contributed by atoms with Gasteiger partial charge in [-0.05, 0) is 30.4 Å². The Kier molecular flexibility index (Phi) is 14.2. The van der Waals surface area contributed by atoms with Crippen LogP contribution in [0.2, 0.25) is 0 Å². The monoisotopic (exact) mass is 541 g/mol. The summed E-state index contributed by atoms with van der Waals surface area (Å²) in [5, 5.41) is 19.2. The van der Waals surface area contributed by atoms with Crippen molar-refractivity contribution in [2.75, 3.05) is 25.1 Å². The molecule has 2 rings (SSSR count). The predicted molar refractivity (Wildman–Crippen MR) is 124 cm³/mol. The standard InChI is InChI=1S/C13H19N3O5S.C6H10BO6.Na/c1-13(4-6-21-7-5-13)9-15-11-3-2-10(22(14,19)20)8-12(11)16(17)18;1-4(8)11-7(12-5(2)9)13-6(3)10;/h2-3,8,15H,4-7,9H2,1H3,(H2,14,19,20);7H,1-3H3;/q;-1;+1. The molecule has 14 nitrogen and oxygen atoms in total. The molecular weight excluding hydrogens is 512 g/mol. The number of hydrogen-bond donors (Lipinski definition) is 2. The van der Waals surface area contributed by atoms with Crippen molar-refractivity contribution in [2.24, 2.45) is 10.6 Å². The van der Waals surface area contributed by atoms with Crippen molar-refractivity contribution in [1.82, 2.24) is 0 Å². The first-order valence-corrected chi connectivity index (χ1v) is 12.0. The molecule has 0 aromatic heterocycles. The van der Waals surface area contributed by atoms with Crippen LogP contribution in [-0.2, 0) is 43.1 Å². The molecule has 0 aliphatic carbocycles. The molecular formula is C19H29BN3NaO11S. The Morgan fingerprint density at radius 1 is 1.11 bits per heavy atom. The van der Waals surface area contributed by atoms with Gasteiger partial charge in [0.2, 0.25) is 10.0 Å². The second-order valence-corrected chi connectivity index (χ2v) is 9.58. The number of sulfonamides is 1. The minimum atomic E-state index is -3.97. The van der Waals surface area contributed by atoms with Crippen LogP contribution in [-0.4, -0.2) is 58.3 Å². The summed E-state index contributed by atoms with van der Waals surface area (Å²) in [5.74, 6) is -2.03. The molecule has 0 unspecified atom stereocenters. The summed E-state index contributed by atoms with van der Waals surface area (Å²) in [6, 6.07) is 3.61. The Hall–Kier alpha value is -2.24. The van der Waals surface area contributed by atoms with Gasteiger partial charge in [0, 0.05) is 46.6 Å². The van der Waals surface area contributed by atoms with Crippen molar-refractivity contribution in [2.45, 2.75) is 45.4 Å². The Morgan fingerprint density at radius 2 is 1.58 bits per heavy atom. The molecule has 0 amide bonds. The maximum Gasteiger partial charge on any atom is 1.00 e. The number of rotatable bonds is 8. The zero-order valence-corrected chi connectivity index (χ0v) is 23.7. The number of hydrogen-bond acceptors (Lipinski definition) is 12. The molecule has 17 heteroatoms. The van der Waals surface area contributed by atoms with Crippen LogP contribution in [0.4, 0.5) is 11.4 Å². The fourth-order valence-corrected chi connectivity index (χ4v) is 3.46. The Morgan fingerprint density at radius 3 is 1.97 bits per heavy atom. The molecule has 1 aromatic carbocycles. The van der Waals surface area contributed by atoms with Crippen LogP contribution >= 0.6 is 0 Å². The van der Waals surface area contributed by atoms with E-state index in [0.29, 0.717) is 19.8 Å². The molecule has 0 atom stereocenters. The third-order valence-corrected chi connectivity index (χ3v) is 5.77. The number of nitro benzene ring substituents is 1. The van der Waals surface area contributed by atoms with Gasteiger partial charge in [-0.25, -0.2) is 13.6 Å². The van der Waals surface area contributed by atoms with Gasteiger partial charge in [-0.15, -0.1) is 0 Å². The van der Waals surface area contributed by atoms with Gasteiger partial charge >= 0.3 is 36.9 Å². The van der Waals surface area contributed by atoms with E-state index in [9.17, 15) is 32.9 Å². The minimum absolute atomic E-state index is 0. The van der Waals surface area contributed by atoms with Crippen LogP contribution in [0.5, 0.6) is 0 Å². The molecule has 0 saturated carbocycles. The molecule has 1 aliphatic rings. The maximum absolute atomic E-state index is 11.3. The van der Waals surface area contributed by atoms with E-state index in [4.69, 9.17) is 9.88 Å². The number of anilines is 1. The molecule has 1 heterocycles. The predicted octanol–water partition coefficient (Wildman–Crippen LogP) is -2.13. The number of carbonyl (C=O) groups excluding carboxylic acids is 3. The Balaban J connectivity index is 0.000000758. The summed E-state index contributed by atoms with van der Waals surface area (Å²) in [7, 11) is -6.38. The van der Waals surface area contributed by atoms with Gasteiger partial charge in [0.15, 0.2) is 0 Å². The number of nitrogens with one attached hydrogen (secondary N) is 1. The molecule has 3 N–H and O–H groups in total. The van der Waals surface area contributed by atoms with Crippen LogP contribution < -0.4 is 40.0 Å². The minimum Gasteiger partial charge on any atom is -0.625 e. The maximum atomic E-state index is 11.3. The summed E-state index contributed by atoms with van der Waals surface area (Å²) in [4.78, 5) is 41.5. The van der Waals surface area contributed by atoms with E-state index in [2.05, 4.69) is 26.2 Å². The number of nitrogens with two attached hydrogens (primary N) is 1. The molecule has 0 radical (unpaired) electrons. The Labute approximate surface area is 231 Å². The second kappa shape index (κ2) is 15.1. The second-order valence-electron chi connectivity index (χ2n) is 8.02. The van der Waals surface area contributed by atoms with Crippen molar-refractivity contribution < 1.29 is 76.0 Å². The summed E-state index contributed by atoms with van der Waals surface area (Å²) in [5.41, 5.74) is -0.0302. The summed E-state index contributed by atoms with van der Waals surface area (Å²) in [6.07, 6.45) is 1.73. The van der Waals surface area contributed by atoms with E-state index < -0.39 is 40.2 Å². The van der Waals surface area contributed by atoms with E-state index in [-0.39, 0.29) is 51.2 Å². The third-order valence-electron chi connectivity index (χ3n) is 4.86. The molecule has 36 heavy (non-hydrogen) atoms. The number of nitro groups is 1. The van der Waals surface area contributed by atoms with Gasteiger partial charge in [-0.2, -0.15) is 0 Å². The summed E-state index contributed by atoms with van der Waals surface area (Å²) >= 11 is 0. The first-order valence-electron chi connectivity index (χ1n) is 10.4. The van der Waals surface area contributed by atoms with Crippen LogP contribution in [0, 0.1) is 15.5 Å². The number of carbonyl (C=O) groups is 3. The number of ether oxygens (including phenoxy) is 1. The van der Waals surface area contributed by atoms with Crippen molar-refractivity contribution in [3.63, 3.8) is 0 Å². The van der Waals surface area contributed by atoms with Crippen molar-refractivity contribution in [3.8, 4) is 0 Å². The zero-order chi connectivity index (χ0) is 26.8. The average molecular weight is 541 g/mol. The van der Waals surface area contributed by atoms with Gasteiger partial charge in [0.1, 0.15) is 5.69 Å². The Bertz CT molecular complexity index is 1010. The van der Waals surface area contributed by atoms with Gasteiger partial charge < -0.3 is 24.0 Å². The number of nitrogens with zero attached hydrogens (tertiary/aromatic N) is 1. The number of primary sulfonamides is 1. The molecule has 1 aliphatic heterocycles. The quantitative estimate of drug-likeness (QED) is 0.206. The van der Waals surface area contributed by atoms with Gasteiger partial charge in [0.05, 0.1) is 9.82 Å². The van der Waals surface area contributed by atoms with Crippen LogP contribution in [0.1, 0.15) is 40.5 Å². The van der Waals surface area contributed by atoms with Crippen LogP contribution in [0.25, 0.3) is 0 Å². The largest absolute Gasteiger partial charge is 1.00 e. The fraction of sp³-hybridized carbons (Fsp3) is 0.526. The van der Waals surface area contributed by atoms with Gasteiger partial charge in [-0.1, -0.05) is 6.92 Å². The van der Waals surface area contributed by atoms with Gasteiger partial charge in [0.25, 0.3) is 23.6 Å². The molecule has 196 valence electrons. The molecule has 0 bridgehead atoms. The van der Waals surface area contributed by atoms with E-state index in [1.165, 1.54) is 12.1 Å². The van der Waals surface area contributed by atoms with E-state index in [1.807, 2.05) is 0 Å². The molecule has 1 saturated heterocycles. The topological polar surface area (TPSA) is 203 Å². The van der Waals surface area contributed by atoms with Crippen molar-refractivity contribution in [3.05, 3.63) is 28.3 Å². The summed E-state index contributed by atoms with van der Waals surface area (Å²) in [6.45, 7) is 7.33. The van der Waals surface area contributed by atoms with Crippen LogP contribution in [0.3, 0.4) is 0 Å². The van der Waals surface area contributed by atoms with E-state index in [1.54, 1.807) is 0 Å². The van der Waals surface area contributed by atoms with E-state index in [0.717, 1.165) is 39.7 Å². The van der Waals surface area contributed by atoms with Gasteiger partial charge in [-0.3, -0.25) is 24.5 Å². The fourth-order valence-electron chi connectivity index (χ4n) is 2.92. The third kappa shape index (κ3) is 12.6. The first kappa shape index (κ1) is 33.8. The molecule has 1 aromatic rings.